The highest BCUT2D eigenvalue weighted by Gasteiger charge is 2.11. The smallest absolute Gasteiger partial charge is 0.0230 e. The summed E-state index contributed by atoms with van der Waals surface area (Å²) in [7, 11) is 2.15. The lowest BCUT2D eigenvalue weighted by Gasteiger charge is -2.23. The van der Waals surface area contributed by atoms with Gasteiger partial charge in [-0.1, -0.05) is 29.8 Å². The highest BCUT2D eigenvalue weighted by Crippen LogP contribution is 2.09. The van der Waals surface area contributed by atoms with Crippen molar-refractivity contribution in [2.45, 2.75) is 39.3 Å². The first-order valence-electron chi connectivity index (χ1n) is 5.90. The topological polar surface area (TPSA) is 29.3 Å². The van der Waals surface area contributed by atoms with Gasteiger partial charge < -0.3 is 10.6 Å². The van der Waals surface area contributed by atoms with Crippen molar-refractivity contribution < 1.29 is 0 Å². The molecule has 0 fully saturated rings. The third-order valence-electron chi connectivity index (χ3n) is 2.67. The molecule has 0 atom stereocenters. The van der Waals surface area contributed by atoms with Crippen LogP contribution in [-0.4, -0.2) is 24.0 Å². The summed E-state index contributed by atoms with van der Waals surface area (Å²) in [6.07, 6.45) is 1.02. The lowest BCUT2D eigenvalue weighted by Crippen LogP contribution is -2.36. The summed E-state index contributed by atoms with van der Waals surface area (Å²) in [6.45, 7) is 8.32. The Morgan fingerprint density at radius 2 is 2.00 bits per heavy atom. The van der Waals surface area contributed by atoms with Gasteiger partial charge in [0.15, 0.2) is 0 Å². The lowest BCUT2D eigenvalue weighted by molar-refractivity contribution is 0.289. The van der Waals surface area contributed by atoms with Crippen LogP contribution in [0.4, 0.5) is 0 Å². The summed E-state index contributed by atoms with van der Waals surface area (Å²) in [5, 5.41) is 0. The minimum Gasteiger partial charge on any atom is -0.326 e. The van der Waals surface area contributed by atoms with Gasteiger partial charge in [-0.2, -0.15) is 0 Å². The summed E-state index contributed by atoms with van der Waals surface area (Å²) < 4.78 is 0. The molecule has 2 N–H and O–H groups in total. The molecule has 0 saturated carbocycles. The monoisotopic (exact) mass is 220 g/mol. The largest absolute Gasteiger partial charge is 0.326 e. The summed E-state index contributed by atoms with van der Waals surface area (Å²) in [6, 6.07) is 8.67. The van der Waals surface area contributed by atoms with Crippen molar-refractivity contribution in [2.24, 2.45) is 5.73 Å². The zero-order valence-corrected chi connectivity index (χ0v) is 11.0. The molecule has 0 amide bonds. The molecule has 0 aliphatic heterocycles. The fraction of sp³-hybridized carbons (Fsp3) is 0.571. The van der Waals surface area contributed by atoms with Crippen LogP contribution in [0.3, 0.4) is 0 Å². The van der Waals surface area contributed by atoms with Crippen molar-refractivity contribution in [3.63, 3.8) is 0 Å². The van der Waals surface area contributed by atoms with Crippen molar-refractivity contribution in [1.29, 1.82) is 0 Å². The van der Waals surface area contributed by atoms with E-state index in [9.17, 15) is 0 Å². The normalized spacial score (nSPS) is 12.1. The van der Waals surface area contributed by atoms with E-state index >= 15 is 0 Å². The zero-order valence-electron chi connectivity index (χ0n) is 11.0. The molecule has 1 aromatic rings. The quantitative estimate of drug-likeness (QED) is 0.826. The number of hydrogen-bond acceptors (Lipinski definition) is 2. The molecule has 1 aromatic carbocycles. The highest BCUT2D eigenvalue weighted by molar-refractivity contribution is 5.21. The zero-order chi connectivity index (χ0) is 12.2. The number of nitrogens with two attached hydrogens (primary N) is 1. The molecular formula is C14H24N2. The first kappa shape index (κ1) is 13.2. The van der Waals surface area contributed by atoms with Crippen LogP contribution in [0, 0.1) is 6.92 Å². The average Bonchev–Trinajstić information content (AvgIpc) is 2.14. The Kier molecular flexibility index (Phi) is 4.51. The van der Waals surface area contributed by atoms with Crippen LogP contribution in [0.1, 0.15) is 31.4 Å². The van der Waals surface area contributed by atoms with Crippen molar-refractivity contribution in [3.8, 4) is 0 Å². The summed E-state index contributed by atoms with van der Waals surface area (Å²) >= 11 is 0. The lowest BCUT2D eigenvalue weighted by atomic mass is 10.0. The first-order valence-corrected chi connectivity index (χ1v) is 5.90. The van der Waals surface area contributed by atoms with Gasteiger partial charge in [0.2, 0.25) is 0 Å². The third kappa shape index (κ3) is 5.29. The summed E-state index contributed by atoms with van der Waals surface area (Å²) in [4.78, 5) is 2.32. The number of benzene rings is 1. The molecule has 0 aromatic heterocycles. The number of rotatable bonds is 5. The van der Waals surface area contributed by atoms with E-state index in [4.69, 9.17) is 5.73 Å². The Bertz CT molecular complexity index is 326. The van der Waals surface area contributed by atoms with Crippen LogP contribution in [0.2, 0.25) is 0 Å². The Morgan fingerprint density at radius 1 is 1.31 bits per heavy atom. The van der Waals surface area contributed by atoms with Crippen molar-refractivity contribution in [3.05, 3.63) is 35.4 Å². The van der Waals surface area contributed by atoms with Gasteiger partial charge >= 0.3 is 0 Å². The van der Waals surface area contributed by atoms with Gasteiger partial charge in [0.05, 0.1) is 0 Å². The Balaban J connectivity index is 2.43. The molecule has 0 bridgehead atoms. The van der Waals surface area contributed by atoms with E-state index in [0.29, 0.717) is 0 Å². The molecule has 2 heteroatoms. The molecule has 90 valence electrons. The molecular weight excluding hydrogens is 196 g/mol. The molecule has 2 nitrogen and oxygen atoms in total. The van der Waals surface area contributed by atoms with Crippen LogP contribution in [0.5, 0.6) is 0 Å². The minimum absolute atomic E-state index is 0.0686. The van der Waals surface area contributed by atoms with Crippen molar-refractivity contribution in [1.82, 2.24) is 4.90 Å². The Hall–Kier alpha value is -0.860. The predicted molar refractivity (Wildman–Crippen MR) is 70.4 cm³/mol. The molecule has 0 aliphatic carbocycles. The maximum Gasteiger partial charge on any atom is 0.0230 e. The van der Waals surface area contributed by atoms with E-state index in [-0.39, 0.29) is 5.54 Å². The molecule has 1 rings (SSSR count). The van der Waals surface area contributed by atoms with E-state index < -0.39 is 0 Å². The SMILES string of the molecule is Cc1cccc(CN(C)CCC(C)(C)N)c1. The first-order chi connectivity index (χ1) is 7.37. The van der Waals surface area contributed by atoms with Gasteiger partial charge in [0.1, 0.15) is 0 Å². The highest BCUT2D eigenvalue weighted by atomic mass is 15.1. The van der Waals surface area contributed by atoms with E-state index in [2.05, 4.69) is 57.0 Å². The minimum atomic E-state index is -0.0686. The van der Waals surface area contributed by atoms with E-state index in [1.54, 1.807) is 0 Å². The van der Waals surface area contributed by atoms with Crippen LogP contribution < -0.4 is 5.73 Å². The number of hydrogen-bond donors (Lipinski definition) is 1. The molecule has 0 aliphatic rings. The third-order valence-corrected chi connectivity index (χ3v) is 2.67. The molecule has 16 heavy (non-hydrogen) atoms. The van der Waals surface area contributed by atoms with Crippen LogP contribution in [0.25, 0.3) is 0 Å². The van der Waals surface area contributed by atoms with Gasteiger partial charge in [-0.25, -0.2) is 0 Å². The second kappa shape index (κ2) is 5.46. The van der Waals surface area contributed by atoms with Gasteiger partial charge in [-0.3, -0.25) is 0 Å². The van der Waals surface area contributed by atoms with Crippen LogP contribution >= 0.6 is 0 Å². The molecule has 0 radical (unpaired) electrons. The van der Waals surface area contributed by atoms with E-state index in [1.807, 2.05) is 0 Å². The van der Waals surface area contributed by atoms with Crippen LogP contribution in [0.15, 0.2) is 24.3 Å². The molecule has 0 heterocycles. The molecule has 0 spiro atoms. The van der Waals surface area contributed by atoms with Gasteiger partial charge in [-0.15, -0.1) is 0 Å². The van der Waals surface area contributed by atoms with E-state index in [0.717, 1.165) is 19.5 Å². The maximum atomic E-state index is 5.97. The summed E-state index contributed by atoms with van der Waals surface area (Å²) in [5.74, 6) is 0. The predicted octanol–water partition coefficient (Wildman–Crippen LogP) is 2.55. The fourth-order valence-corrected chi connectivity index (χ4v) is 1.68. The summed E-state index contributed by atoms with van der Waals surface area (Å²) in [5.41, 5.74) is 8.60. The second-order valence-corrected chi connectivity index (χ2v) is 5.47. The van der Waals surface area contributed by atoms with Gasteiger partial charge in [0.25, 0.3) is 0 Å². The van der Waals surface area contributed by atoms with Gasteiger partial charge in [-0.05, 0) is 46.3 Å². The second-order valence-electron chi connectivity index (χ2n) is 5.47. The maximum absolute atomic E-state index is 5.97. The number of nitrogens with zero attached hydrogens (tertiary/aromatic N) is 1. The van der Waals surface area contributed by atoms with Crippen molar-refractivity contribution >= 4 is 0 Å². The fourth-order valence-electron chi connectivity index (χ4n) is 1.68. The average molecular weight is 220 g/mol. The van der Waals surface area contributed by atoms with Crippen molar-refractivity contribution in [2.75, 3.05) is 13.6 Å². The molecule has 0 unspecified atom stereocenters. The standard InChI is InChI=1S/C14H24N2/c1-12-6-5-7-13(10-12)11-16(4)9-8-14(2,3)15/h5-7,10H,8-9,11,15H2,1-4H3. The van der Waals surface area contributed by atoms with Gasteiger partial charge in [0, 0.05) is 12.1 Å². The number of aryl methyl sites for hydroxylation is 1. The van der Waals surface area contributed by atoms with Crippen LogP contribution in [-0.2, 0) is 6.54 Å². The Morgan fingerprint density at radius 3 is 2.56 bits per heavy atom. The molecule has 0 saturated heterocycles. The van der Waals surface area contributed by atoms with E-state index in [1.165, 1.54) is 11.1 Å². The Labute approximate surface area is 99.5 Å².